The molecule has 2 amide bonds. The third-order valence-corrected chi connectivity index (χ3v) is 1.82. The van der Waals surface area contributed by atoms with Crippen LogP contribution in [0.25, 0.3) is 0 Å². The van der Waals surface area contributed by atoms with Crippen LogP contribution in [-0.2, 0) is 9.53 Å². The van der Waals surface area contributed by atoms with Gasteiger partial charge in [0.15, 0.2) is 0 Å². The van der Waals surface area contributed by atoms with Crippen molar-refractivity contribution in [3.05, 3.63) is 0 Å². The number of amides is 2. The Bertz CT molecular complexity index is 272. The van der Waals surface area contributed by atoms with Crippen LogP contribution in [0.4, 0.5) is 4.79 Å². The Morgan fingerprint density at radius 1 is 1.60 bits per heavy atom. The van der Waals surface area contributed by atoms with E-state index in [9.17, 15) is 9.59 Å². The van der Waals surface area contributed by atoms with E-state index in [4.69, 9.17) is 9.94 Å². The maximum Gasteiger partial charge on any atom is 0.407 e. The Balaban J connectivity index is 2.37. The van der Waals surface area contributed by atoms with E-state index in [0.29, 0.717) is 5.06 Å². The molecule has 2 N–H and O–H groups in total. The Kier molecular flexibility index (Phi) is 3.18. The molecule has 86 valence electrons. The summed E-state index contributed by atoms with van der Waals surface area (Å²) in [6, 6.07) is -0.377. The molecular weight excluding hydrogens is 200 g/mol. The van der Waals surface area contributed by atoms with Crippen molar-refractivity contribution in [1.82, 2.24) is 10.4 Å². The predicted octanol–water partition coefficient (Wildman–Crippen LogP) is 0.501. The lowest BCUT2D eigenvalue weighted by molar-refractivity contribution is -0.157. The first-order valence-electron chi connectivity index (χ1n) is 4.77. The number of nitrogens with one attached hydrogen (secondary N) is 1. The summed E-state index contributed by atoms with van der Waals surface area (Å²) >= 11 is 0. The zero-order valence-electron chi connectivity index (χ0n) is 9.11. The molecule has 1 aliphatic rings. The molecule has 6 heteroatoms. The lowest BCUT2D eigenvalue weighted by Crippen LogP contribution is -2.40. The van der Waals surface area contributed by atoms with Crippen LogP contribution < -0.4 is 5.32 Å². The predicted molar refractivity (Wildman–Crippen MR) is 51.3 cm³/mol. The normalized spacial score (nSPS) is 21.7. The largest absolute Gasteiger partial charge is 0.444 e. The smallest absolute Gasteiger partial charge is 0.407 e. The molecule has 1 saturated heterocycles. The molecular formula is C9H16N2O4. The van der Waals surface area contributed by atoms with E-state index in [1.54, 1.807) is 20.8 Å². The highest BCUT2D eigenvalue weighted by atomic mass is 16.6. The molecule has 0 aromatic heterocycles. The lowest BCUT2D eigenvalue weighted by Gasteiger charge is -2.21. The van der Waals surface area contributed by atoms with Gasteiger partial charge in [0.2, 0.25) is 5.91 Å². The van der Waals surface area contributed by atoms with Gasteiger partial charge in [-0.15, -0.1) is 0 Å². The van der Waals surface area contributed by atoms with Crippen molar-refractivity contribution in [3.8, 4) is 0 Å². The van der Waals surface area contributed by atoms with Gasteiger partial charge < -0.3 is 10.1 Å². The molecule has 0 radical (unpaired) electrons. The van der Waals surface area contributed by atoms with Crippen LogP contribution in [0.2, 0.25) is 0 Å². The first-order valence-corrected chi connectivity index (χ1v) is 4.77. The highest BCUT2D eigenvalue weighted by Gasteiger charge is 2.30. The lowest BCUT2D eigenvalue weighted by atomic mass is 10.2. The first kappa shape index (κ1) is 11.8. The number of ether oxygens (including phenoxy) is 1. The topological polar surface area (TPSA) is 78.9 Å². The molecule has 0 spiro atoms. The van der Waals surface area contributed by atoms with Crippen molar-refractivity contribution in [2.75, 3.05) is 6.54 Å². The van der Waals surface area contributed by atoms with E-state index in [1.807, 2.05) is 0 Å². The number of rotatable bonds is 1. The second-order valence-corrected chi connectivity index (χ2v) is 4.52. The van der Waals surface area contributed by atoms with Crippen molar-refractivity contribution in [3.63, 3.8) is 0 Å². The summed E-state index contributed by atoms with van der Waals surface area (Å²) in [5, 5.41) is 12.1. The fraction of sp³-hybridized carbons (Fsp3) is 0.778. The molecule has 0 aromatic carbocycles. The van der Waals surface area contributed by atoms with Crippen LogP contribution in [0.3, 0.4) is 0 Å². The van der Waals surface area contributed by atoms with Gasteiger partial charge >= 0.3 is 6.09 Å². The average Bonchev–Trinajstić information content (AvgIpc) is 2.26. The maximum atomic E-state index is 11.3. The average molecular weight is 216 g/mol. The van der Waals surface area contributed by atoms with Gasteiger partial charge in [0.25, 0.3) is 0 Å². The number of hydrogen-bond donors (Lipinski definition) is 2. The van der Waals surface area contributed by atoms with E-state index < -0.39 is 17.6 Å². The van der Waals surface area contributed by atoms with Crippen molar-refractivity contribution in [2.45, 2.75) is 38.8 Å². The van der Waals surface area contributed by atoms with Crippen LogP contribution in [-0.4, -0.2) is 40.5 Å². The minimum Gasteiger partial charge on any atom is -0.444 e. The summed E-state index contributed by atoms with van der Waals surface area (Å²) in [5.41, 5.74) is -0.564. The minimum absolute atomic E-state index is 0.107. The van der Waals surface area contributed by atoms with Gasteiger partial charge in [-0.25, -0.2) is 9.86 Å². The summed E-state index contributed by atoms with van der Waals surface area (Å²) in [5.74, 6) is -0.393. The van der Waals surface area contributed by atoms with Crippen LogP contribution in [0.1, 0.15) is 27.2 Å². The standard InChI is InChI=1S/C9H16N2O4/c1-9(2,3)15-8(13)10-6-4-7(12)11(14)5-6/h6,14H,4-5H2,1-3H3,(H,10,13). The van der Waals surface area contributed by atoms with Crippen LogP contribution in [0, 0.1) is 0 Å². The Labute approximate surface area is 88.1 Å². The van der Waals surface area contributed by atoms with Gasteiger partial charge in [-0.05, 0) is 20.8 Å². The summed E-state index contributed by atoms with van der Waals surface area (Å²) in [6.07, 6.45) is -0.467. The third-order valence-electron chi connectivity index (χ3n) is 1.82. The Hall–Kier alpha value is -1.30. The fourth-order valence-corrected chi connectivity index (χ4v) is 1.26. The summed E-state index contributed by atoms with van der Waals surface area (Å²) < 4.78 is 5.01. The molecule has 1 atom stereocenters. The third kappa shape index (κ3) is 3.75. The quantitative estimate of drug-likeness (QED) is 0.626. The molecule has 6 nitrogen and oxygen atoms in total. The van der Waals surface area contributed by atoms with Gasteiger partial charge in [0.05, 0.1) is 19.0 Å². The summed E-state index contributed by atoms with van der Waals surface area (Å²) in [6.45, 7) is 5.37. The van der Waals surface area contributed by atoms with Gasteiger partial charge in [-0.3, -0.25) is 10.0 Å². The number of carbonyl (C=O) groups is 2. The first-order chi connectivity index (χ1) is 6.78. The second-order valence-electron chi connectivity index (χ2n) is 4.52. The number of carbonyl (C=O) groups excluding carboxylic acids is 2. The Morgan fingerprint density at radius 2 is 2.20 bits per heavy atom. The van der Waals surface area contributed by atoms with Crippen LogP contribution in [0.15, 0.2) is 0 Å². The molecule has 0 saturated carbocycles. The molecule has 1 aliphatic heterocycles. The number of alkyl carbamates (subject to hydrolysis) is 1. The van der Waals surface area contributed by atoms with Crippen molar-refractivity contribution >= 4 is 12.0 Å². The van der Waals surface area contributed by atoms with E-state index in [1.165, 1.54) is 0 Å². The molecule has 1 heterocycles. The zero-order valence-corrected chi connectivity index (χ0v) is 9.11. The molecule has 0 bridgehead atoms. The molecule has 15 heavy (non-hydrogen) atoms. The summed E-state index contributed by atoms with van der Waals surface area (Å²) in [7, 11) is 0. The highest BCUT2D eigenvalue weighted by Crippen LogP contribution is 2.10. The number of hydroxylamine groups is 2. The van der Waals surface area contributed by atoms with Gasteiger partial charge in [-0.1, -0.05) is 0 Å². The maximum absolute atomic E-state index is 11.3. The van der Waals surface area contributed by atoms with Gasteiger partial charge in [0.1, 0.15) is 5.60 Å². The number of hydrogen-bond acceptors (Lipinski definition) is 4. The zero-order chi connectivity index (χ0) is 11.6. The second kappa shape index (κ2) is 4.06. The van der Waals surface area contributed by atoms with Gasteiger partial charge in [-0.2, -0.15) is 0 Å². The highest BCUT2D eigenvalue weighted by molar-refractivity contribution is 5.79. The number of nitrogens with zero attached hydrogens (tertiary/aromatic N) is 1. The van der Waals surface area contributed by atoms with Crippen molar-refractivity contribution < 1.29 is 19.5 Å². The minimum atomic E-state index is -0.574. The monoisotopic (exact) mass is 216 g/mol. The molecule has 0 aromatic rings. The van der Waals surface area contributed by atoms with Crippen LogP contribution >= 0.6 is 0 Å². The molecule has 1 fully saturated rings. The van der Waals surface area contributed by atoms with E-state index in [-0.39, 0.29) is 19.0 Å². The fourth-order valence-electron chi connectivity index (χ4n) is 1.26. The molecule has 0 aliphatic carbocycles. The SMILES string of the molecule is CC(C)(C)OC(=O)NC1CC(=O)N(O)C1. The molecule has 1 rings (SSSR count). The van der Waals surface area contributed by atoms with E-state index >= 15 is 0 Å². The van der Waals surface area contributed by atoms with E-state index in [2.05, 4.69) is 5.32 Å². The van der Waals surface area contributed by atoms with E-state index in [0.717, 1.165) is 0 Å². The summed E-state index contributed by atoms with van der Waals surface area (Å²) in [4.78, 5) is 22.2. The Morgan fingerprint density at radius 3 is 2.60 bits per heavy atom. The van der Waals surface area contributed by atoms with Crippen molar-refractivity contribution in [1.29, 1.82) is 0 Å². The van der Waals surface area contributed by atoms with Gasteiger partial charge in [0, 0.05) is 0 Å². The van der Waals surface area contributed by atoms with Crippen molar-refractivity contribution in [2.24, 2.45) is 0 Å². The molecule has 1 unspecified atom stereocenters. The van der Waals surface area contributed by atoms with Crippen LogP contribution in [0.5, 0.6) is 0 Å².